The zero-order valence-corrected chi connectivity index (χ0v) is 13.6. The maximum Gasteiger partial charge on any atom is 0.163 e. The number of aromatic amines is 1. The molecule has 0 unspecified atom stereocenters. The standard InChI is InChI=1S/C22H19NO/c1-15(21-14-18-8-4-5-9-20(18)23-21)12-22(24)19-11-10-16-6-2-3-7-17(16)13-19/h2-11,13-15,23H,12H2,1H3/t15-/m1/s1. The number of rotatable bonds is 4. The molecule has 0 aliphatic heterocycles. The lowest BCUT2D eigenvalue weighted by molar-refractivity contribution is 0.0975. The summed E-state index contributed by atoms with van der Waals surface area (Å²) in [7, 11) is 0. The van der Waals surface area contributed by atoms with E-state index in [-0.39, 0.29) is 11.7 Å². The Balaban J connectivity index is 1.57. The number of fused-ring (bicyclic) bond motifs is 2. The zero-order valence-electron chi connectivity index (χ0n) is 13.6. The molecule has 0 bridgehead atoms. The van der Waals surface area contributed by atoms with E-state index in [1.165, 1.54) is 5.39 Å². The van der Waals surface area contributed by atoms with Crippen LogP contribution in [-0.2, 0) is 0 Å². The van der Waals surface area contributed by atoms with E-state index in [4.69, 9.17) is 0 Å². The maximum absolute atomic E-state index is 12.7. The quantitative estimate of drug-likeness (QED) is 0.482. The fraction of sp³-hybridized carbons (Fsp3) is 0.136. The first-order valence-corrected chi connectivity index (χ1v) is 8.30. The number of hydrogen-bond acceptors (Lipinski definition) is 1. The summed E-state index contributed by atoms with van der Waals surface area (Å²) in [6.07, 6.45) is 0.505. The van der Waals surface area contributed by atoms with E-state index in [0.717, 1.165) is 27.5 Å². The van der Waals surface area contributed by atoms with Crippen molar-refractivity contribution in [2.75, 3.05) is 0 Å². The van der Waals surface area contributed by atoms with E-state index in [2.05, 4.69) is 36.2 Å². The van der Waals surface area contributed by atoms with Gasteiger partial charge in [0.25, 0.3) is 0 Å². The van der Waals surface area contributed by atoms with E-state index >= 15 is 0 Å². The normalized spacial score (nSPS) is 12.5. The third kappa shape index (κ3) is 2.71. The number of carbonyl (C=O) groups excluding carboxylic acids is 1. The summed E-state index contributed by atoms with van der Waals surface area (Å²) in [4.78, 5) is 16.1. The highest BCUT2D eigenvalue weighted by Crippen LogP contribution is 2.25. The molecule has 0 saturated carbocycles. The molecule has 3 aromatic carbocycles. The van der Waals surface area contributed by atoms with Gasteiger partial charge in [-0.15, -0.1) is 0 Å². The molecule has 0 aliphatic carbocycles. The number of Topliss-reactive ketones (excluding diaryl/α,β-unsaturated/α-hetero) is 1. The van der Waals surface area contributed by atoms with Crippen molar-refractivity contribution in [1.82, 2.24) is 4.98 Å². The summed E-state index contributed by atoms with van der Waals surface area (Å²) in [5.41, 5.74) is 3.03. The highest BCUT2D eigenvalue weighted by atomic mass is 16.1. The Hall–Kier alpha value is -2.87. The van der Waals surface area contributed by atoms with Crippen LogP contribution in [0.2, 0.25) is 0 Å². The third-order valence-corrected chi connectivity index (χ3v) is 4.64. The molecule has 1 atom stereocenters. The third-order valence-electron chi connectivity index (χ3n) is 4.64. The highest BCUT2D eigenvalue weighted by molar-refractivity contribution is 6.00. The Morgan fingerprint density at radius 3 is 2.38 bits per heavy atom. The predicted molar refractivity (Wildman–Crippen MR) is 99.6 cm³/mol. The summed E-state index contributed by atoms with van der Waals surface area (Å²) in [5, 5.41) is 3.47. The molecule has 1 aromatic heterocycles. The highest BCUT2D eigenvalue weighted by Gasteiger charge is 2.15. The van der Waals surface area contributed by atoms with Gasteiger partial charge in [0, 0.05) is 29.1 Å². The molecule has 24 heavy (non-hydrogen) atoms. The summed E-state index contributed by atoms with van der Waals surface area (Å²) < 4.78 is 0. The monoisotopic (exact) mass is 313 g/mol. The van der Waals surface area contributed by atoms with E-state index in [9.17, 15) is 4.79 Å². The van der Waals surface area contributed by atoms with E-state index in [1.54, 1.807) is 0 Å². The van der Waals surface area contributed by atoms with Crippen LogP contribution in [0.5, 0.6) is 0 Å². The van der Waals surface area contributed by atoms with Crippen molar-refractivity contribution in [3.63, 3.8) is 0 Å². The minimum Gasteiger partial charge on any atom is -0.358 e. The van der Waals surface area contributed by atoms with Crippen LogP contribution >= 0.6 is 0 Å². The van der Waals surface area contributed by atoms with Gasteiger partial charge in [-0.3, -0.25) is 4.79 Å². The van der Waals surface area contributed by atoms with Crippen molar-refractivity contribution < 1.29 is 4.79 Å². The molecule has 4 rings (SSSR count). The molecule has 1 heterocycles. The number of benzene rings is 3. The van der Waals surface area contributed by atoms with Gasteiger partial charge < -0.3 is 4.98 Å². The van der Waals surface area contributed by atoms with E-state index < -0.39 is 0 Å². The number of carbonyl (C=O) groups is 1. The second-order valence-electron chi connectivity index (χ2n) is 6.40. The van der Waals surface area contributed by atoms with Gasteiger partial charge in [-0.25, -0.2) is 0 Å². The first-order chi connectivity index (χ1) is 11.7. The predicted octanol–water partition coefficient (Wildman–Crippen LogP) is 5.70. The number of H-pyrrole nitrogens is 1. The Bertz CT molecular complexity index is 995. The minimum atomic E-state index is 0.163. The molecule has 0 radical (unpaired) electrons. The molecular formula is C22H19NO. The molecule has 118 valence electrons. The average molecular weight is 313 g/mol. The maximum atomic E-state index is 12.7. The van der Waals surface area contributed by atoms with Crippen LogP contribution < -0.4 is 0 Å². The van der Waals surface area contributed by atoms with E-state index in [1.807, 2.05) is 48.5 Å². The molecule has 0 saturated heterocycles. The van der Waals surface area contributed by atoms with Crippen LogP contribution in [0, 0.1) is 0 Å². The zero-order chi connectivity index (χ0) is 16.5. The first kappa shape index (κ1) is 14.7. The summed E-state index contributed by atoms with van der Waals surface area (Å²) in [6.45, 7) is 2.10. The van der Waals surface area contributed by atoms with Crippen molar-refractivity contribution in [3.8, 4) is 0 Å². The number of para-hydroxylation sites is 1. The molecule has 0 amide bonds. The molecule has 0 fully saturated rings. The summed E-state index contributed by atoms with van der Waals surface area (Å²) >= 11 is 0. The first-order valence-electron chi connectivity index (χ1n) is 8.30. The van der Waals surface area contributed by atoms with Gasteiger partial charge in [0.05, 0.1) is 0 Å². The van der Waals surface area contributed by atoms with Crippen LogP contribution in [0.3, 0.4) is 0 Å². The van der Waals surface area contributed by atoms with Gasteiger partial charge in [0.2, 0.25) is 0 Å². The Labute approximate surface area is 141 Å². The summed E-state index contributed by atoms with van der Waals surface area (Å²) in [6, 6.07) is 24.4. The van der Waals surface area contributed by atoms with Crippen LogP contribution in [-0.4, -0.2) is 10.8 Å². The Morgan fingerprint density at radius 1 is 0.875 bits per heavy atom. The fourth-order valence-electron chi connectivity index (χ4n) is 3.23. The average Bonchev–Trinajstić information content (AvgIpc) is 3.05. The minimum absolute atomic E-state index is 0.163. The molecule has 2 heteroatoms. The number of hydrogen-bond donors (Lipinski definition) is 1. The van der Waals surface area contributed by atoms with Crippen LogP contribution in [0.1, 0.15) is 35.3 Å². The molecular weight excluding hydrogens is 294 g/mol. The molecule has 4 aromatic rings. The SMILES string of the molecule is C[C@H](CC(=O)c1ccc2ccccc2c1)c1cc2ccccc2[nH]1. The number of ketones is 1. The van der Waals surface area contributed by atoms with Gasteiger partial charge in [-0.2, -0.15) is 0 Å². The summed E-state index contributed by atoms with van der Waals surface area (Å²) in [5.74, 6) is 0.350. The topological polar surface area (TPSA) is 32.9 Å². The van der Waals surface area contributed by atoms with Crippen molar-refractivity contribution in [2.24, 2.45) is 0 Å². The largest absolute Gasteiger partial charge is 0.358 e. The van der Waals surface area contributed by atoms with Crippen molar-refractivity contribution in [3.05, 3.63) is 84.1 Å². The van der Waals surface area contributed by atoms with Gasteiger partial charge in [-0.05, 0) is 34.4 Å². The number of nitrogens with one attached hydrogen (secondary N) is 1. The van der Waals surface area contributed by atoms with Gasteiger partial charge in [-0.1, -0.05) is 61.5 Å². The lowest BCUT2D eigenvalue weighted by atomic mass is 9.95. The Kier molecular flexibility index (Phi) is 3.66. The van der Waals surface area contributed by atoms with Crippen LogP contribution in [0.4, 0.5) is 0 Å². The van der Waals surface area contributed by atoms with Crippen molar-refractivity contribution in [2.45, 2.75) is 19.3 Å². The lowest BCUT2D eigenvalue weighted by Gasteiger charge is -2.09. The molecule has 0 aliphatic rings. The van der Waals surface area contributed by atoms with Crippen molar-refractivity contribution in [1.29, 1.82) is 0 Å². The molecule has 2 nitrogen and oxygen atoms in total. The molecule has 0 spiro atoms. The smallest absolute Gasteiger partial charge is 0.163 e. The van der Waals surface area contributed by atoms with E-state index in [0.29, 0.717) is 6.42 Å². The number of aromatic nitrogens is 1. The molecule has 1 N–H and O–H groups in total. The second-order valence-corrected chi connectivity index (χ2v) is 6.40. The second kappa shape index (κ2) is 5.97. The van der Waals surface area contributed by atoms with Crippen molar-refractivity contribution >= 4 is 27.5 Å². The van der Waals surface area contributed by atoms with Crippen LogP contribution in [0.25, 0.3) is 21.7 Å². The van der Waals surface area contributed by atoms with Gasteiger partial charge in [0.15, 0.2) is 5.78 Å². The van der Waals surface area contributed by atoms with Crippen LogP contribution in [0.15, 0.2) is 72.8 Å². The lowest BCUT2D eigenvalue weighted by Crippen LogP contribution is -2.05. The fourth-order valence-corrected chi connectivity index (χ4v) is 3.23. The van der Waals surface area contributed by atoms with Gasteiger partial charge in [0.1, 0.15) is 0 Å². The van der Waals surface area contributed by atoms with Gasteiger partial charge >= 0.3 is 0 Å². The Morgan fingerprint density at radius 2 is 1.58 bits per heavy atom.